The van der Waals surface area contributed by atoms with Crippen LogP contribution in [-0.4, -0.2) is 91.7 Å². The molecule has 0 bridgehead atoms. The fraction of sp³-hybridized carbons (Fsp3) is 0.419. The number of likely N-dealkylation sites (tertiary alicyclic amines) is 2. The summed E-state index contributed by atoms with van der Waals surface area (Å²) >= 11 is 0. The summed E-state index contributed by atoms with van der Waals surface area (Å²) in [6.45, 7) is 3.65. The van der Waals surface area contributed by atoms with E-state index in [1.165, 1.54) is 33.5 Å². The molecule has 57 heavy (non-hydrogen) atoms. The molecule has 2 saturated heterocycles. The van der Waals surface area contributed by atoms with Gasteiger partial charge in [-0.25, -0.2) is 4.98 Å². The highest BCUT2D eigenvalue weighted by atomic mass is 19.4. The van der Waals surface area contributed by atoms with Gasteiger partial charge in [-0.2, -0.15) is 13.2 Å². The van der Waals surface area contributed by atoms with Crippen molar-refractivity contribution in [1.29, 1.82) is 0 Å². The minimum absolute atomic E-state index is 0.00550. The number of ether oxygens (including phenoxy) is 4. The number of methoxy groups -OCH3 is 3. The largest absolute Gasteiger partial charge is 0.493 e. The lowest BCUT2D eigenvalue weighted by Gasteiger charge is -2.36. The fourth-order valence-electron chi connectivity index (χ4n) is 8.23. The second-order valence-electron chi connectivity index (χ2n) is 14.7. The number of halogens is 3. The Morgan fingerprint density at radius 2 is 1.65 bits per heavy atom. The topological polar surface area (TPSA) is 109 Å². The number of aromatic nitrogens is 2. The number of carbonyl (C=O) groups is 2. The van der Waals surface area contributed by atoms with E-state index in [0.29, 0.717) is 106 Å². The summed E-state index contributed by atoms with van der Waals surface area (Å²) in [5.74, 6) is 1.65. The zero-order valence-corrected chi connectivity index (χ0v) is 32.3. The van der Waals surface area contributed by atoms with E-state index in [0.717, 1.165) is 22.9 Å². The number of hydrogen-bond acceptors (Lipinski definition) is 9. The lowest BCUT2D eigenvalue weighted by molar-refractivity contribution is -0.137. The maximum atomic E-state index is 14.1. The van der Waals surface area contributed by atoms with Gasteiger partial charge >= 0.3 is 6.18 Å². The number of fused-ring (bicyclic) bond motifs is 1. The summed E-state index contributed by atoms with van der Waals surface area (Å²) in [4.78, 5) is 36.8. The second kappa shape index (κ2) is 17.0. The van der Waals surface area contributed by atoms with Gasteiger partial charge in [-0.15, -0.1) is 0 Å². The van der Waals surface area contributed by atoms with E-state index in [9.17, 15) is 22.8 Å². The van der Waals surface area contributed by atoms with Crippen molar-refractivity contribution in [3.8, 4) is 17.2 Å². The maximum Gasteiger partial charge on any atom is 0.416 e. The van der Waals surface area contributed by atoms with Gasteiger partial charge in [0.05, 0.1) is 50.8 Å². The van der Waals surface area contributed by atoms with E-state index in [2.05, 4.69) is 4.90 Å². The number of piperidine rings is 1. The van der Waals surface area contributed by atoms with Gasteiger partial charge in [0.1, 0.15) is 12.4 Å². The van der Waals surface area contributed by atoms with Crippen LogP contribution in [-0.2, 0) is 29.5 Å². The van der Waals surface area contributed by atoms with E-state index in [-0.39, 0.29) is 24.2 Å². The predicted octanol–water partition coefficient (Wildman–Crippen LogP) is 7.66. The lowest BCUT2D eigenvalue weighted by atomic mass is 9.76. The van der Waals surface area contributed by atoms with Crippen LogP contribution < -0.4 is 14.2 Å². The van der Waals surface area contributed by atoms with Crippen molar-refractivity contribution in [3.63, 3.8) is 0 Å². The molecule has 11 nitrogen and oxygen atoms in total. The summed E-state index contributed by atoms with van der Waals surface area (Å²) in [5, 5.41) is 0. The van der Waals surface area contributed by atoms with Crippen LogP contribution >= 0.6 is 0 Å². The van der Waals surface area contributed by atoms with Gasteiger partial charge < -0.3 is 37.7 Å². The molecule has 0 radical (unpaired) electrons. The highest BCUT2D eigenvalue weighted by Gasteiger charge is 2.43. The summed E-state index contributed by atoms with van der Waals surface area (Å²) in [6, 6.07) is 20.0. The van der Waals surface area contributed by atoms with Gasteiger partial charge in [0.25, 0.3) is 5.91 Å². The molecule has 2 fully saturated rings. The van der Waals surface area contributed by atoms with Crippen LogP contribution in [0.15, 0.2) is 83.5 Å². The van der Waals surface area contributed by atoms with E-state index in [4.69, 9.17) is 28.3 Å². The van der Waals surface area contributed by atoms with E-state index in [1.807, 2.05) is 41.0 Å². The second-order valence-corrected chi connectivity index (χ2v) is 14.7. The number of imidazole rings is 1. The van der Waals surface area contributed by atoms with Crippen molar-refractivity contribution in [2.45, 2.75) is 50.4 Å². The highest BCUT2D eigenvalue weighted by Crippen LogP contribution is 2.43. The average molecular weight is 789 g/mol. The molecule has 5 aromatic rings. The number of hydrogen-bond donors (Lipinski definition) is 0. The van der Waals surface area contributed by atoms with Gasteiger partial charge in [-0.05, 0) is 93.3 Å². The summed E-state index contributed by atoms with van der Waals surface area (Å²) in [5.41, 5.74) is 1.05. The molecule has 2 aliphatic heterocycles. The molecule has 1 unspecified atom stereocenters. The van der Waals surface area contributed by atoms with Crippen molar-refractivity contribution >= 4 is 22.7 Å². The normalized spacial score (nSPS) is 18.0. The number of benzene rings is 3. The standard InChI is InChI=1S/C43H47F3N4O7/c1-53-36-24-30(25-37(54-2)39(36)55-3)41(52)49-20-16-42(28-49,31-8-6-9-32(26-31)43(44,45)46)15-19-48-17-13-29(14-18-48)38(51)40-47-34-11-4-5-12-35(34)50(40)21-23-56-27-33-10-7-22-57-33/h4-12,22,24-26,29H,13-21,23,27-28H2,1-3H3. The highest BCUT2D eigenvalue weighted by molar-refractivity contribution is 5.98. The van der Waals surface area contributed by atoms with Crippen LogP contribution in [0.2, 0.25) is 0 Å². The molecular weight excluding hydrogens is 741 g/mol. The summed E-state index contributed by atoms with van der Waals surface area (Å²) in [7, 11) is 4.42. The number of alkyl halides is 3. The number of para-hydroxylation sites is 2. The predicted molar refractivity (Wildman–Crippen MR) is 206 cm³/mol. The molecule has 2 aliphatic rings. The van der Waals surface area contributed by atoms with Gasteiger partial charge in [0, 0.05) is 36.5 Å². The van der Waals surface area contributed by atoms with Crippen molar-refractivity contribution in [2.75, 3.05) is 60.7 Å². The zero-order valence-electron chi connectivity index (χ0n) is 32.3. The van der Waals surface area contributed by atoms with Gasteiger partial charge in [-0.1, -0.05) is 30.3 Å². The minimum atomic E-state index is -4.51. The van der Waals surface area contributed by atoms with Crippen LogP contribution in [0, 0.1) is 5.92 Å². The first-order valence-corrected chi connectivity index (χ1v) is 19.1. The first-order chi connectivity index (χ1) is 27.5. The van der Waals surface area contributed by atoms with E-state index < -0.39 is 17.2 Å². The van der Waals surface area contributed by atoms with Crippen molar-refractivity contribution in [1.82, 2.24) is 19.4 Å². The molecule has 0 aliphatic carbocycles. The van der Waals surface area contributed by atoms with Crippen LogP contribution in [0.4, 0.5) is 13.2 Å². The van der Waals surface area contributed by atoms with E-state index >= 15 is 0 Å². The molecule has 1 atom stereocenters. The van der Waals surface area contributed by atoms with Crippen LogP contribution in [0.3, 0.4) is 0 Å². The monoisotopic (exact) mass is 788 g/mol. The van der Waals surface area contributed by atoms with Gasteiger partial charge in [0.2, 0.25) is 11.5 Å². The molecular formula is C43H47F3N4O7. The number of ketones is 1. The molecule has 7 rings (SSSR count). The van der Waals surface area contributed by atoms with Crippen LogP contribution in [0.25, 0.3) is 11.0 Å². The number of carbonyl (C=O) groups excluding carboxylic acids is 2. The molecule has 0 saturated carbocycles. The third-order valence-electron chi connectivity index (χ3n) is 11.4. The first kappa shape index (κ1) is 39.9. The first-order valence-electron chi connectivity index (χ1n) is 19.1. The number of Topliss-reactive ketones (excluding diaryl/α,β-unsaturated/α-hetero) is 1. The molecule has 14 heteroatoms. The Morgan fingerprint density at radius 3 is 2.33 bits per heavy atom. The third kappa shape index (κ3) is 8.52. The van der Waals surface area contributed by atoms with Crippen LogP contribution in [0.5, 0.6) is 17.2 Å². The van der Waals surface area contributed by atoms with Crippen molar-refractivity contribution < 1.29 is 46.1 Å². The number of amides is 1. The fourth-order valence-corrected chi connectivity index (χ4v) is 8.23. The Labute approximate surface area is 329 Å². The Balaban J connectivity index is 1.04. The summed E-state index contributed by atoms with van der Waals surface area (Å²) < 4.78 is 71.4. The molecule has 1 amide bonds. The van der Waals surface area contributed by atoms with Crippen LogP contribution in [0.1, 0.15) is 63.5 Å². The molecule has 3 aromatic carbocycles. The third-order valence-corrected chi connectivity index (χ3v) is 11.4. The molecule has 302 valence electrons. The quantitative estimate of drug-likeness (QED) is 0.0781. The van der Waals surface area contributed by atoms with Crippen molar-refractivity contribution in [2.24, 2.45) is 5.92 Å². The molecule has 2 aromatic heterocycles. The molecule has 4 heterocycles. The lowest BCUT2D eigenvalue weighted by Crippen LogP contribution is -2.41. The van der Waals surface area contributed by atoms with Gasteiger partial charge in [-0.3, -0.25) is 9.59 Å². The summed E-state index contributed by atoms with van der Waals surface area (Å²) in [6.07, 6.45) is -0.646. The Kier molecular flexibility index (Phi) is 11.9. The number of nitrogens with zero attached hydrogens (tertiary/aromatic N) is 4. The van der Waals surface area contributed by atoms with Crippen molar-refractivity contribution in [3.05, 3.63) is 107 Å². The smallest absolute Gasteiger partial charge is 0.416 e. The number of rotatable bonds is 15. The average Bonchev–Trinajstić information content (AvgIpc) is 4.00. The van der Waals surface area contributed by atoms with E-state index in [1.54, 1.807) is 29.4 Å². The maximum absolute atomic E-state index is 14.1. The van der Waals surface area contributed by atoms with Gasteiger partial charge in [0.15, 0.2) is 17.3 Å². The Hall–Kier alpha value is -5.34. The molecule has 0 spiro atoms. The number of furan rings is 1. The SMILES string of the molecule is COc1cc(C(=O)N2CCC(CCN3CCC(C(=O)c4nc5ccccc5n4CCOCc4ccco4)CC3)(c3cccc(C(F)(F)F)c3)C2)cc(OC)c1OC. The Bertz CT molecular complexity index is 2150. The zero-order chi connectivity index (χ0) is 40.2. The minimum Gasteiger partial charge on any atom is -0.493 e. The Morgan fingerprint density at radius 1 is 0.895 bits per heavy atom. The molecule has 0 N–H and O–H groups in total.